The van der Waals surface area contributed by atoms with Crippen molar-refractivity contribution in [1.82, 2.24) is 0 Å². The smallest absolute Gasteiger partial charge is 0.109 e. The van der Waals surface area contributed by atoms with Crippen molar-refractivity contribution in [2.24, 2.45) is 0 Å². The average molecular weight is 188 g/mol. The molecule has 0 heterocycles. The summed E-state index contributed by atoms with van der Waals surface area (Å²) in [5, 5.41) is 29.8. The van der Waals surface area contributed by atoms with Gasteiger partial charge in [0.1, 0.15) is 5.60 Å². The van der Waals surface area contributed by atoms with Gasteiger partial charge in [-0.15, -0.1) is 0 Å². The molecule has 1 N–H and O–H groups in total. The Balaban J connectivity index is 4.34. The fraction of sp³-hybridized carbons (Fsp3) is 0.750. The van der Waals surface area contributed by atoms with Gasteiger partial charge in [-0.05, 0) is 6.42 Å². The van der Waals surface area contributed by atoms with Gasteiger partial charge in [0.25, 0.3) is 0 Å². The van der Waals surface area contributed by atoms with Gasteiger partial charge in [0.05, 0.1) is 5.97 Å². The standard InChI is InChI=1S/C8H14O5/c1-2-3-4-8(13,7(11)12)5-6(9)10/h13H,2-5H2,1H3,(H,9,10)(H,11,12)/p-2. The number of hydrogen-bond donors (Lipinski definition) is 1. The van der Waals surface area contributed by atoms with Crippen LogP contribution in [0, 0.1) is 0 Å². The Labute approximate surface area is 76.0 Å². The second-order valence-electron chi connectivity index (χ2n) is 2.97. The first-order valence-electron chi connectivity index (χ1n) is 4.06. The molecule has 0 saturated carbocycles. The van der Waals surface area contributed by atoms with Gasteiger partial charge in [0.15, 0.2) is 0 Å². The number of carbonyl (C=O) groups excluding carboxylic acids is 2. The predicted octanol–water partition coefficient (Wildman–Crippen LogP) is -2.20. The van der Waals surface area contributed by atoms with Gasteiger partial charge in [-0.25, -0.2) is 0 Å². The Bertz CT molecular complexity index is 201. The summed E-state index contributed by atoms with van der Waals surface area (Å²) in [6, 6.07) is 0. The molecule has 0 radical (unpaired) electrons. The van der Waals surface area contributed by atoms with E-state index in [0.717, 1.165) is 0 Å². The molecule has 0 aromatic heterocycles. The summed E-state index contributed by atoms with van der Waals surface area (Å²) in [6.45, 7) is 1.80. The molecule has 0 saturated heterocycles. The Morgan fingerprint density at radius 1 is 1.38 bits per heavy atom. The third kappa shape index (κ3) is 3.89. The number of carbonyl (C=O) groups is 2. The Morgan fingerprint density at radius 3 is 2.23 bits per heavy atom. The first-order valence-corrected chi connectivity index (χ1v) is 4.06. The quantitative estimate of drug-likeness (QED) is 0.509. The molecule has 5 nitrogen and oxygen atoms in total. The van der Waals surface area contributed by atoms with Gasteiger partial charge in [-0.1, -0.05) is 19.8 Å². The summed E-state index contributed by atoms with van der Waals surface area (Å²) in [5.41, 5.74) is -2.28. The molecule has 5 heteroatoms. The monoisotopic (exact) mass is 188 g/mol. The maximum atomic E-state index is 10.4. The van der Waals surface area contributed by atoms with Crippen LogP contribution in [0.15, 0.2) is 0 Å². The van der Waals surface area contributed by atoms with Crippen LogP contribution in [-0.4, -0.2) is 22.6 Å². The van der Waals surface area contributed by atoms with Gasteiger partial charge in [0.2, 0.25) is 0 Å². The third-order valence-corrected chi connectivity index (χ3v) is 1.76. The highest BCUT2D eigenvalue weighted by Crippen LogP contribution is 2.17. The zero-order valence-electron chi connectivity index (χ0n) is 7.41. The number of carboxylic acids is 2. The molecule has 13 heavy (non-hydrogen) atoms. The molecule has 0 aliphatic rings. The first kappa shape index (κ1) is 11.9. The first-order chi connectivity index (χ1) is 5.92. The molecule has 0 aromatic carbocycles. The molecule has 0 aromatic rings. The molecule has 0 fully saturated rings. The van der Waals surface area contributed by atoms with Gasteiger partial charge in [0, 0.05) is 12.4 Å². The summed E-state index contributed by atoms with van der Waals surface area (Å²) in [7, 11) is 0. The van der Waals surface area contributed by atoms with E-state index in [-0.39, 0.29) is 6.42 Å². The molecule has 1 unspecified atom stereocenters. The van der Waals surface area contributed by atoms with Crippen LogP contribution >= 0.6 is 0 Å². The summed E-state index contributed by atoms with van der Waals surface area (Å²) < 4.78 is 0. The molecule has 0 amide bonds. The van der Waals surface area contributed by atoms with Crippen LogP contribution in [0.4, 0.5) is 0 Å². The predicted molar refractivity (Wildman–Crippen MR) is 39.1 cm³/mol. The molecular weight excluding hydrogens is 176 g/mol. The summed E-state index contributed by atoms with van der Waals surface area (Å²) >= 11 is 0. The molecular formula is C8H12O5-2. The lowest BCUT2D eigenvalue weighted by molar-refractivity contribution is -0.334. The van der Waals surface area contributed by atoms with Crippen molar-refractivity contribution in [3.8, 4) is 0 Å². The third-order valence-electron chi connectivity index (χ3n) is 1.76. The second-order valence-corrected chi connectivity index (χ2v) is 2.97. The maximum Gasteiger partial charge on any atom is 0.109 e. The van der Waals surface area contributed by atoms with E-state index in [1.807, 2.05) is 0 Å². The minimum atomic E-state index is -2.28. The Morgan fingerprint density at radius 2 is 1.92 bits per heavy atom. The summed E-state index contributed by atoms with van der Waals surface area (Å²) in [4.78, 5) is 20.5. The zero-order valence-corrected chi connectivity index (χ0v) is 7.41. The largest absolute Gasteiger partial charge is 0.550 e. The summed E-state index contributed by atoms with van der Waals surface area (Å²) in [5.74, 6) is -3.35. The SMILES string of the molecule is CCCCC(O)(CC(=O)[O-])C(=O)[O-]. The minimum Gasteiger partial charge on any atom is -0.550 e. The molecule has 0 aliphatic heterocycles. The highest BCUT2D eigenvalue weighted by Gasteiger charge is 2.27. The van der Waals surface area contributed by atoms with Gasteiger partial charge < -0.3 is 24.9 Å². The number of aliphatic hydroxyl groups is 1. The van der Waals surface area contributed by atoms with E-state index < -0.39 is 24.0 Å². The van der Waals surface area contributed by atoms with E-state index in [9.17, 15) is 24.9 Å². The Kier molecular flexibility index (Phi) is 4.40. The van der Waals surface area contributed by atoms with Crippen molar-refractivity contribution >= 4 is 11.9 Å². The zero-order chi connectivity index (χ0) is 10.5. The number of carboxylic acid groups (broad SMARTS) is 2. The lowest BCUT2D eigenvalue weighted by Crippen LogP contribution is -2.51. The average Bonchev–Trinajstić information content (AvgIpc) is 1.99. The van der Waals surface area contributed by atoms with Crippen molar-refractivity contribution in [1.29, 1.82) is 0 Å². The fourth-order valence-electron chi connectivity index (χ4n) is 0.971. The van der Waals surface area contributed by atoms with E-state index in [1.165, 1.54) is 0 Å². The number of rotatable bonds is 6. The van der Waals surface area contributed by atoms with E-state index in [2.05, 4.69) is 0 Å². The van der Waals surface area contributed by atoms with Gasteiger partial charge in [-0.3, -0.25) is 0 Å². The Hall–Kier alpha value is -1.10. The van der Waals surface area contributed by atoms with E-state index >= 15 is 0 Å². The molecule has 0 rings (SSSR count). The normalized spacial score (nSPS) is 14.9. The topological polar surface area (TPSA) is 100 Å². The molecule has 1 atom stereocenters. The van der Waals surface area contributed by atoms with Crippen LogP contribution in [0.3, 0.4) is 0 Å². The van der Waals surface area contributed by atoms with Crippen LogP contribution in [0.2, 0.25) is 0 Å². The summed E-state index contributed by atoms with van der Waals surface area (Å²) in [6.07, 6.45) is 0.0511. The van der Waals surface area contributed by atoms with Crippen LogP contribution in [0.1, 0.15) is 32.6 Å². The van der Waals surface area contributed by atoms with E-state index in [1.54, 1.807) is 6.92 Å². The highest BCUT2D eigenvalue weighted by molar-refractivity contribution is 5.81. The molecule has 0 aliphatic carbocycles. The number of unbranched alkanes of at least 4 members (excludes halogenated alkanes) is 1. The van der Waals surface area contributed by atoms with Crippen molar-refractivity contribution in [3.05, 3.63) is 0 Å². The second kappa shape index (κ2) is 4.81. The van der Waals surface area contributed by atoms with Gasteiger partial charge in [-0.2, -0.15) is 0 Å². The van der Waals surface area contributed by atoms with Crippen LogP contribution in [0.25, 0.3) is 0 Å². The van der Waals surface area contributed by atoms with E-state index in [0.29, 0.717) is 12.8 Å². The highest BCUT2D eigenvalue weighted by atomic mass is 16.4. The van der Waals surface area contributed by atoms with Crippen LogP contribution in [0.5, 0.6) is 0 Å². The lowest BCUT2D eigenvalue weighted by atomic mass is 9.93. The number of aliphatic carboxylic acids is 2. The fourth-order valence-corrected chi connectivity index (χ4v) is 0.971. The molecule has 76 valence electrons. The van der Waals surface area contributed by atoms with Gasteiger partial charge >= 0.3 is 0 Å². The van der Waals surface area contributed by atoms with Crippen molar-refractivity contribution in [2.45, 2.75) is 38.2 Å². The molecule has 0 spiro atoms. The lowest BCUT2D eigenvalue weighted by Gasteiger charge is -2.29. The number of hydrogen-bond acceptors (Lipinski definition) is 5. The van der Waals surface area contributed by atoms with E-state index in [4.69, 9.17) is 0 Å². The molecule has 0 bridgehead atoms. The minimum absolute atomic E-state index is 0.125. The maximum absolute atomic E-state index is 10.4. The van der Waals surface area contributed by atoms with Crippen LogP contribution < -0.4 is 10.2 Å². The van der Waals surface area contributed by atoms with Crippen molar-refractivity contribution in [3.63, 3.8) is 0 Å². The van der Waals surface area contributed by atoms with Crippen molar-refractivity contribution < 1.29 is 24.9 Å². The van der Waals surface area contributed by atoms with Crippen molar-refractivity contribution in [2.75, 3.05) is 0 Å². The van der Waals surface area contributed by atoms with Crippen LogP contribution in [-0.2, 0) is 9.59 Å².